The molecule has 0 bridgehead atoms. The first-order chi connectivity index (χ1) is 14.8. The molecule has 0 spiro atoms. The van der Waals surface area contributed by atoms with Gasteiger partial charge in [0.1, 0.15) is 0 Å². The van der Waals surface area contributed by atoms with E-state index < -0.39 is 20.9 Å². The van der Waals surface area contributed by atoms with E-state index in [2.05, 4.69) is 39.2 Å². The Morgan fingerprint density at radius 2 is 1.78 bits per heavy atom. The number of nitrogens with zero attached hydrogens (tertiary/aromatic N) is 1. The lowest BCUT2D eigenvalue weighted by molar-refractivity contribution is -0.149. The van der Waals surface area contributed by atoms with Gasteiger partial charge in [-0.2, -0.15) is 0 Å². The van der Waals surface area contributed by atoms with Crippen LogP contribution in [0, 0.1) is 23.2 Å². The molecule has 1 aliphatic heterocycles. The number of hydrogen-bond donors (Lipinski definition) is 1. The number of carbonyl (C=O) groups excluding carboxylic acids is 3. The molecule has 8 heteroatoms. The van der Waals surface area contributed by atoms with E-state index >= 15 is 0 Å². The molecular weight excluding hydrogens is 444 g/mol. The van der Waals surface area contributed by atoms with E-state index in [1.165, 1.54) is 4.90 Å². The second kappa shape index (κ2) is 10.5. The van der Waals surface area contributed by atoms with Crippen LogP contribution in [0.2, 0.25) is 18.1 Å². The van der Waals surface area contributed by atoms with Crippen LogP contribution in [0.25, 0.3) is 0 Å². The van der Waals surface area contributed by atoms with Crippen LogP contribution in [0.5, 0.6) is 0 Å². The summed E-state index contributed by atoms with van der Waals surface area (Å²) < 4.78 is 6.01. The lowest BCUT2D eigenvalue weighted by Crippen LogP contribution is -2.67. The second-order valence-corrected chi connectivity index (χ2v) is 13.1. The number of β-lactam (4-membered cyclic amide) rings is 1. The first-order valence-corrected chi connectivity index (χ1v) is 14.5. The van der Waals surface area contributed by atoms with Gasteiger partial charge in [-0.1, -0.05) is 51.4 Å². The van der Waals surface area contributed by atoms with Crippen LogP contribution in [0.4, 0.5) is 0 Å². The van der Waals surface area contributed by atoms with E-state index in [-0.39, 0.29) is 41.1 Å². The fourth-order valence-corrected chi connectivity index (χ4v) is 5.01. The van der Waals surface area contributed by atoms with Gasteiger partial charge < -0.3 is 9.74 Å². The summed E-state index contributed by atoms with van der Waals surface area (Å²) in [4.78, 5) is 40.6. The number of halogens is 1. The van der Waals surface area contributed by atoms with E-state index in [9.17, 15) is 14.4 Å². The van der Waals surface area contributed by atoms with Crippen molar-refractivity contribution in [2.45, 2.75) is 66.7 Å². The number of hydrogen-bond acceptors (Lipinski definition) is 4. The standard InChI is InChI=1S/C24H37ClN2O4Si/c1-14(2)27(23(30)16-11-9-10-12-18(16)25)22(29)15(3)20-19(21(28)26-20)17(24(4,5)6)13-31-32(7)8/h9-12,14-15,17,19-20,32H,13H2,1-8H3,(H,26,28)/t15-,17-,19+,20-/m1/s1. The summed E-state index contributed by atoms with van der Waals surface area (Å²) in [5, 5.41) is 3.24. The number of rotatable bonds is 8. The van der Waals surface area contributed by atoms with Gasteiger partial charge in [-0.05, 0) is 50.4 Å². The van der Waals surface area contributed by atoms with Crippen LogP contribution < -0.4 is 5.32 Å². The highest BCUT2D eigenvalue weighted by molar-refractivity contribution is 6.48. The molecule has 4 atom stereocenters. The molecule has 1 N–H and O–H groups in total. The molecule has 0 saturated carbocycles. The van der Waals surface area contributed by atoms with Gasteiger partial charge in [-0.3, -0.25) is 19.3 Å². The summed E-state index contributed by atoms with van der Waals surface area (Å²) >= 11 is 6.22. The predicted octanol–water partition coefficient (Wildman–Crippen LogP) is 4.13. The molecule has 2 rings (SSSR count). The van der Waals surface area contributed by atoms with E-state index in [4.69, 9.17) is 16.0 Å². The van der Waals surface area contributed by atoms with Crippen LogP contribution in [-0.4, -0.2) is 50.4 Å². The maximum Gasteiger partial charge on any atom is 0.262 e. The number of amides is 3. The van der Waals surface area contributed by atoms with Crippen LogP contribution in [0.1, 0.15) is 51.9 Å². The normalized spacial score (nSPS) is 20.5. The summed E-state index contributed by atoms with van der Waals surface area (Å²) in [6.07, 6.45) is 0. The monoisotopic (exact) mass is 480 g/mol. The van der Waals surface area contributed by atoms with Crippen molar-refractivity contribution in [3.05, 3.63) is 34.9 Å². The topological polar surface area (TPSA) is 75.7 Å². The van der Waals surface area contributed by atoms with Gasteiger partial charge in [0, 0.05) is 12.6 Å². The second-order valence-electron chi connectivity index (χ2n) is 10.3. The van der Waals surface area contributed by atoms with Gasteiger partial charge in [-0.15, -0.1) is 0 Å². The molecule has 0 unspecified atom stereocenters. The van der Waals surface area contributed by atoms with Crippen LogP contribution >= 0.6 is 11.6 Å². The fourth-order valence-electron chi connectivity index (χ4n) is 4.20. The molecule has 1 saturated heterocycles. The molecule has 6 nitrogen and oxygen atoms in total. The Morgan fingerprint density at radius 1 is 1.19 bits per heavy atom. The number of carbonyl (C=O) groups is 3. The molecule has 1 fully saturated rings. The van der Waals surface area contributed by atoms with Crippen molar-refractivity contribution < 1.29 is 18.8 Å². The van der Waals surface area contributed by atoms with Crippen molar-refractivity contribution in [3.8, 4) is 0 Å². The predicted molar refractivity (Wildman–Crippen MR) is 130 cm³/mol. The fraction of sp³-hybridized carbons (Fsp3) is 0.625. The number of benzene rings is 1. The van der Waals surface area contributed by atoms with Gasteiger partial charge in [0.25, 0.3) is 5.91 Å². The maximum atomic E-state index is 13.5. The third-order valence-corrected chi connectivity index (χ3v) is 7.35. The van der Waals surface area contributed by atoms with Gasteiger partial charge in [0.15, 0.2) is 9.04 Å². The molecule has 3 amide bonds. The minimum absolute atomic E-state index is 0.0295. The van der Waals surface area contributed by atoms with Crippen molar-refractivity contribution in [3.63, 3.8) is 0 Å². The molecular formula is C24H37ClN2O4Si. The quantitative estimate of drug-likeness (QED) is 0.448. The van der Waals surface area contributed by atoms with Crippen molar-refractivity contribution in [2.24, 2.45) is 23.2 Å². The van der Waals surface area contributed by atoms with Gasteiger partial charge in [0.05, 0.1) is 28.5 Å². The van der Waals surface area contributed by atoms with Crippen molar-refractivity contribution in [1.29, 1.82) is 0 Å². The van der Waals surface area contributed by atoms with E-state index in [0.29, 0.717) is 17.2 Å². The van der Waals surface area contributed by atoms with E-state index in [1.54, 1.807) is 45.0 Å². The summed E-state index contributed by atoms with van der Waals surface area (Å²) in [7, 11) is -1.26. The third kappa shape index (κ3) is 5.80. The number of nitrogens with one attached hydrogen (secondary N) is 1. The van der Waals surface area contributed by atoms with E-state index in [1.807, 2.05) is 0 Å². The van der Waals surface area contributed by atoms with Crippen molar-refractivity contribution in [2.75, 3.05) is 6.61 Å². The zero-order valence-electron chi connectivity index (χ0n) is 20.4. The van der Waals surface area contributed by atoms with Gasteiger partial charge in [0.2, 0.25) is 11.8 Å². The van der Waals surface area contributed by atoms with Gasteiger partial charge >= 0.3 is 0 Å². The van der Waals surface area contributed by atoms with Crippen LogP contribution in [0.15, 0.2) is 24.3 Å². The van der Waals surface area contributed by atoms with E-state index in [0.717, 1.165) is 0 Å². The molecule has 0 radical (unpaired) electrons. The minimum Gasteiger partial charge on any atom is -0.420 e. The zero-order valence-corrected chi connectivity index (χ0v) is 22.3. The smallest absolute Gasteiger partial charge is 0.262 e. The van der Waals surface area contributed by atoms with Gasteiger partial charge in [-0.25, -0.2) is 0 Å². The maximum absolute atomic E-state index is 13.5. The molecule has 1 aromatic rings. The highest BCUT2D eigenvalue weighted by atomic mass is 35.5. The Labute approximate surface area is 198 Å². The average Bonchev–Trinajstić information content (AvgIpc) is 2.67. The SMILES string of the molecule is CC(C)N(C(=O)c1ccccc1Cl)C(=O)[C@H](C)[C@H]1NC(=O)[C@H]1[C@@H](CO[SiH](C)C)C(C)(C)C. The first kappa shape index (κ1) is 26.5. The Morgan fingerprint density at radius 3 is 2.25 bits per heavy atom. The third-order valence-electron chi connectivity index (χ3n) is 6.16. The molecule has 0 aromatic heterocycles. The Balaban J connectivity index is 2.29. The van der Waals surface area contributed by atoms with Crippen molar-refractivity contribution in [1.82, 2.24) is 10.2 Å². The first-order valence-electron chi connectivity index (χ1n) is 11.3. The summed E-state index contributed by atoms with van der Waals surface area (Å²) in [6.45, 7) is 16.4. The Hall–Kier alpha value is -1.70. The lowest BCUT2D eigenvalue weighted by Gasteiger charge is -2.48. The Kier molecular flexibility index (Phi) is 8.70. The Bertz CT molecular complexity index is 853. The average molecular weight is 481 g/mol. The summed E-state index contributed by atoms with van der Waals surface area (Å²) in [5.41, 5.74) is 0.123. The molecule has 0 aliphatic carbocycles. The lowest BCUT2D eigenvalue weighted by atomic mass is 9.65. The van der Waals surface area contributed by atoms with Crippen LogP contribution in [-0.2, 0) is 14.0 Å². The molecule has 1 aromatic carbocycles. The molecule has 1 heterocycles. The molecule has 32 heavy (non-hydrogen) atoms. The molecule has 178 valence electrons. The highest BCUT2D eigenvalue weighted by Gasteiger charge is 2.52. The van der Waals surface area contributed by atoms with Crippen molar-refractivity contribution >= 4 is 38.4 Å². The van der Waals surface area contributed by atoms with Crippen LogP contribution in [0.3, 0.4) is 0 Å². The number of imide groups is 1. The largest absolute Gasteiger partial charge is 0.420 e. The zero-order chi connectivity index (χ0) is 24.4. The minimum atomic E-state index is -1.26. The highest BCUT2D eigenvalue weighted by Crippen LogP contribution is 2.40. The summed E-state index contributed by atoms with van der Waals surface area (Å²) in [6, 6.07) is 6.02. The molecule has 1 aliphatic rings. The summed E-state index contributed by atoms with van der Waals surface area (Å²) in [5.74, 6) is -1.73.